The summed E-state index contributed by atoms with van der Waals surface area (Å²) in [7, 11) is 0. The number of nitrogens with one attached hydrogen (secondary N) is 1. The van der Waals surface area contributed by atoms with E-state index in [1.807, 2.05) is 66.9 Å². The summed E-state index contributed by atoms with van der Waals surface area (Å²) >= 11 is 1.35. The van der Waals surface area contributed by atoms with Crippen LogP contribution in [0, 0.1) is 0 Å². The molecular weight excluding hydrogens is 358 g/mol. The molecular formula is C21H19N3O2S. The molecule has 1 amide bonds. The van der Waals surface area contributed by atoms with E-state index in [9.17, 15) is 9.59 Å². The lowest BCUT2D eigenvalue weighted by Crippen LogP contribution is -2.19. The summed E-state index contributed by atoms with van der Waals surface area (Å²) in [6, 6.07) is 18.9. The van der Waals surface area contributed by atoms with Crippen LogP contribution in [0.15, 0.2) is 65.7 Å². The molecule has 3 aromatic rings. The number of aromatic nitrogens is 2. The molecule has 0 radical (unpaired) electrons. The van der Waals surface area contributed by atoms with E-state index in [0.29, 0.717) is 16.4 Å². The van der Waals surface area contributed by atoms with Crippen molar-refractivity contribution >= 4 is 29.3 Å². The summed E-state index contributed by atoms with van der Waals surface area (Å²) < 4.78 is 0. The van der Waals surface area contributed by atoms with Gasteiger partial charge in [0.1, 0.15) is 10.8 Å². The van der Waals surface area contributed by atoms with E-state index in [4.69, 9.17) is 0 Å². The standard InChI is InChI=1S/C21H19N3O2S/c1-14(25)18-20(22-17(26)13-15-9-5-3-6-10-15)23-19(24-21(18)27-2)16-11-7-4-8-12-16/h3-12H,13H2,1-2H3,(H,22,23,24,26). The lowest BCUT2D eigenvalue weighted by Gasteiger charge is -2.13. The predicted molar refractivity (Wildman–Crippen MR) is 108 cm³/mol. The molecule has 0 unspecified atom stereocenters. The van der Waals surface area contributed by atoms with Gasteiger partial charge in [0.25, 0.3) is 0 Å². The number of nitrogens with zero attached hydrogens (tertiary/aromatic N) is 2. The fourth-order valence-corrected chi connectivity index (χ4v) is 3.29. The smallest absolute Gasteiger partial charge is 0.229 e. The molecule has 1 aromatic heterocycles. The number of ketones is 1. The number of carbonyl (C=O) groups excluding carboxylic acids is 2. The van der Waals surface area contributed by atoms with E-state index in [0.717, 1.165) is 11.1 Å². The van der Waals surface area contributed by atoms with Crippen LogP contribution in [0.25, 0.3) is 11.4 Å². The molecule has 6 heteroatoms. The molecule has 0 aliphatic carbocycles. The van der Waals surface area contributed by atoms with E-state index in [2.05, 4.69) is 15.3 Å². The van der Waals surface area contributed by atoms with Crippen molar-refractivity contribution in [2.45, 2.75) is 18.4 Å². The third kappa shape index (κ3) is 4.60. The first-order valence-corrected chi connectivity index (χ1v) is 9.67. The van der Waals surface area contributed by atoms with Gasteiger partial charge in [0.2, 0.25) is 5.91 Å². The first-order chi connectivity index (χ1) is 13.1. The number of rotatable bonds is 6. The Hall–Kier alpha value is -2.99. The molecule has 0 atom stereocenters. The largest absolute Gasteiger partial charge is 0.310 e. The topological polar surface area (TPSA) is 72.0 Å². The van der Waals surface area contributed by atoms with Crippen molar-refractivity contribution in [3.8, 4) is 11.4 Å². The monoisotopic (exact) mass is 377 g/mol. The Bertz CT molecular complexity index is 960. The van der Waals surface area contributed by atoms with Crippen LogP contribution in [0.1, 0.15) is 22.8 Å². The molecule has 0 saturated carbocycles. The maximum absolute atomic E-state index is 12.5. The highest BCUT2D eigenvalue weighted by Gasteiger charge is 2.20. The number of hydrogen-bond acceptors (Lipinski definition) is 5. The van der Waals surface area contributed by atoms with Crippen molar-refractivity contribution in [2.24, 2.45) is 0 Å². The van der Waals surface area contributed by atoms with Crippen molar-refractivity contribution in [3.63, 3.8) is 0 Å². The maximum Gasteiger partial charge on any atom is 0.229 e. The molecule has 27 heavy (non-hydrogen) atoms. The summed E-state index contributed by atoms with van der Waals surface area (Å²) in [5.74, 6) is 0.309. The lowest BCUT2D eigenvalue weighted by atomic mass is 10.1. The second-order valence-electron chi connectivity index (χ2n) is 5.91. The van der Waals surface area contributed by atoms with Gasteiger partial charge in [-0.15, -0.1) is 11.8 Å². The average molecular weight is 377 g/mol. The van der Waals surface area contributed by atoms with Crippen LogP contribution in [0.4, 0.5) is 5.82 Å². The van der Waals surface area contributed by atoms with Crippen LogP contribution in [-0.4, -0.2) is 27.9 Å². The van der Waals surface area contributed by atoms with Crippen molar-refractivity contribution in [1.29, 1.82) is 0 Å². The Morgan fingerprint density at radius 3 is 2.19 bits per heavy atom. The van der Waals surface area contributed by atoms with Crippen LogP contribution in [0.5, 0.6) is 0 Å². The van der Waals surface area contributed by atoms with Crippen LogP contribution in [-0.2, 0) is 11.2 Å². The van der Waals surface area contributed by atoms with Crippen molar-refractivity contribution in [1.82, 2.24) is 9.97 Å². The number of amides is 1. The van der Waals surface area contributed by atoms with Gasteiger partial charge in [-0.2, -0.15) is 0 Å². The zero-order valence-electron chi connectivity index (χ0n) is 15.1. The number of thioether (sulfide) groups is 1. The molecule has 0 spiro atoms. The third-order valence-corrected chi connectivity index (χ3v) is 4.60. The summed E-state index contributed by atoms with van der Waals surface area (Å²) in [6.07, 6.45) is 2.05. The van der Waals surface area contributed by atoms with Gasteiger partial charge in [-0.3, -0.25) is 9.59 Å². The third-order valence-electron chi connectivity index (χ3n) is 3.92. The molecule has 2 aromatic carbocycles. The minimum absolute atomic E-state index is 0.186. The van der Waals surface area contributed by atoms with Crippen molar-refractivity contribution < 1.29 is 9.59 Å². The van der Waals surface area contributed by atoms with Gasteiger partial charge in [0.15, 0.2) is 11.6 Å². The quantitative estimate of drug-likeness (QED) is 0.395. The minimum atomic E-state index is -0.228. The number of Topliss-reactive ketones (excluding diaryl/α,β-unsaturated/α-hetero) is 1. The molecule has 0 aliphatic rings. The van der Waals surface area contributed by atoms with Crippen molar-refractivity contribution in [2.75, 3.05) is 11.6 Å². The van der Waals surface area contributed by atoms with Crippen LogP contribution < -0.4 is 5.32 Å². The van der Waals surface area contributed by atoms with E-state index in [1.165, 1.54) is 18.7 Å². The summed E-state index contributed by atoms with van der Waals surface area (Å²) in [4.78, 5) is 33.7. The zero-order chi connectivity index (χ0) is 19.2. The average Bonchev–Trinajstić information content (AvgIpc) is 2.68. The van der Waals surface area contributed by atoms with Gasteiger partial charge < -0.3 is 5.32 Å². The van der Waals surface area contributed by atoms with Gasteiger partial charge in [0, 0.05) is 5.56 Å². The normalized spacial score (nSPS) is 10.4. The van der Waals surface area contributed by atoms with Crippen molar-refractivity contribution in [3.05, 3.63) is 71.8 Å². The highest BCUT2D eigenvalue weighted by Crippen LogP contribution is 2.28. The van der Waals surface area contributed by atoms with Crippen LogP contribution in [0.2, 0.25) is 0 Å². The molecule has 3 rings (SSSR count). The minimum Gasteiger partial charge on any atom is -0.310 e. The molecule has 1 heterocycles. The summed E-state index contributed by atoms with van der Waals surface area (Å²) in [5.41, 5.74) is 2.05. The van der Waals surface area contributed by atoms with Gasteiger partial charge in [-0.25, -0.2) is 9.97 Å². The molecule has 0 fully saturated rings. The van der Waals surface area contributed by atoms with Gasteiger partial charge in [-0.05, 0) is 18.7 Å². The fraction of sp³-hybridized carbons (Fsp3) is 0.143. The number of carbonyl (C=O) groups is 2. The zero-order valence-corrected chi connectivity index (χ0v) is 15.9. The molecule has 1 N–H and O–H groups in total. The number of benzene rings is 2. The Kier molecular flexibility index (Phi) is 5.98. The lowest BCUT2D eigenvalue weighted by molar-refractivity contribution is -0.115. The summed E-state index contributed by atoms with van der Waals surface area (Å²) in [5, 5.41) is 3.35. The first kappa shape index (κ1) is 18.8. The van der Waals surface area contributed by atoms with E-state index in [-0.39, 0.29) is 23.9 Å². The molecule has 0 bridgehead atoms. The van der Waals surface area contributed by atoms with E-state index >= 15 is 0 Å². The van der Waals surface area contributed by atoms with Gasteiger partial charge in [-0.1, -0.05) is 60.7 Å². The highest BCUT2D eigenvalue weighted by atomic mass is 32.2. The second kappa shape index (κ2) is 8.60. The molecule has 0 aliphatic heterocycles. The predicted octanol–water partition coefficient (Wildman–Crippen LogP) is 4.25. The van der Waals surface area contributed by atoms with E-state index < -0.39 is 0 Å². The summed E-state index contributed by atoms with van der Waals surface area (Å²) in [6.45, 7) is 1.45. The molecule has 5 nitrogen and oxygen atoms in total. The van der Waals surface area contributed by atoms with Gasteiger partial charge >= 0.3 is 0 Å². The maximum atomic E-state index is 12.5. The Balaban J connectivity index is 1.98. The number of hydrogen-bond donors (Lipinski definition) is 1. The van der Waals surface area contributed by atoms with Crippen LogP contribution >= 0.6 is 11.8 Å². The number of anilines is 1. The SMILES string of the molecule is CSc1nc(-c2ccccc2)nc(NC(=O)Cc2ccccc2)c1C(C)=O. The van der Waals surface area contributed by atoms with E-state index in [1.54, 1.807) is 0 Å². The molecule has 136 valence electrons. The van der Waals surface area contributed by atoms with Gasteiger partial charge in [0.05, 0.1) is 12.0 Å². The highest BCUT2D eigenvalue weighted by molar-refractivity contribution is 7.98. The second-order valence-corrected chi connectivity index (χ2v) is 6.71. The van der Waals surface area contributed by atoms with Crippen LogP contribution in [0.3, 0.4) is 0 Å². The first-order valence-electron chi connectivity index (χ1n) is 8.44. The Morgan fingerprint density at radius 2 is 1.59 bits per heavy atom. The Morgan fingerprint density at radius 1 is 0.963 bits per heavy atom. The molecule has 0 saturated heterocycles. The fourth-order valence-electron chi connectivity index (χ4n) is 2.67. The Labute approximate surface area is 162 Å².